The van der Waals surface area contributed by atoms with Crippen LogP contribution in [0.4, 0.5) is 13.2 Å². The first kappa shape index (κ1) is 19.9. The predicted molar refractivity (Wildman–Crippen MR) is 86.8 cm³/mol. The van der Waals surface area contributed by atoms with Crippen molar-refractivity contribution in [2.24, 2.45) is 5.41 Å². The fourth-order valence-electron chi connectivity index (χ4n) is 3.10. The maximum Gasteiger partial charge on any atom is 0.406 e. The Balaban J connectivity index is 2.02. The van der Waals surface area contributed by atoms with Crippen LogP contribution in [0.2, 0.25) is 0 Å². The van der Waals surface area contributed by atoms with Gasteiger partial charge in [-0.2, -0.15) is 13.2 Å². The van der Waals surface area contributed by atoms with Crippen molar-refractivity contribution in [2.75, 3.05) is 13.1 Å². The van der Waals surface area contributed by atoms with Gasteiger partial charge in [0.1, 0.15) is 0 Å². The van der Waals surface area contributed by atoms with Gasteiger partial charge in [0, 0.05) is 31.5 Å². The number of carbonyl (C=O) groups is 3. The first-order chi connectivity index (χ1) is 12.0. The van der Waals surface area contributed by atoms with Gasteiger partial charge in [-0.3, -0.25) is 14.4 Å². The minimum Gasteiger partial charge on any atom is -0.481 e. The van der Waals surface area contributed by atoms with E-state index < -0.39 is 36.4 Å². The van der Waals surface area contributed by atoms with Gasteiger partial charge in [0.25, 0.3) is 0 Å². The number of carboxylic acids is 1. The van der Waals surface area contributed by atoms with Gasteiger partial charge in [0.15, 0.2) is 11.2 Å². The molecule has 26 heavy (non-hydrogen) atoms. The van der Waals surface area contributed by atoms with Crippen LogP contribution in [0.25, 0.3) is 0 Å². The Labute approximate surface area is 148 Å². The predicted octanol–water partition coefficient (Wildman–Crippen LogP) is 3.13. The van der Waals surface area contributed by atoms with Crippen molar-refractivity contribution >= 4 is 17.7 Å². The lowest BCUT2D eigenvalue weighted by atomic mass is 9.86. The van der Waals surface area contributed by atoms with Gasteiger partial charge < -0.3 is 10.0 Å². The lowest BCUT2D eigenvalue weighted by molar-refractivity contribution is -0.227. The summed E-state index contributed by atoms with van der Waals surface area (Å²) in [7, 11) is 0. The molecule has 0 saturated carbocycles. The van der Waals surface area contributed by atoms with E-state index in [0.29, 0.717) is 5.56 Å². The highest BCUT2D eigenvalue weighted by Gasteiger charge is 2.64. The minimum absolute atomic E-state index is 0.133. The molecule has 1 saturated heterocycles. The molecule has 142 valence electrons. The zero-order chi connectivity index (χ0) is 19.7. The molecule has 1 heterocycles. The molecule has 0 bridgehead atoms. The average Bonchev–Trinajstić information content (AvgIpc) is 3.01. The van der Waals surface area contributed by atoms with Gasteiger partial charge in [0.2, 0.25) is 5.91 Å². The van der Waals surface area contributed by atoms with Crippen LogP contribution in [0.1, 0.15) is 40.7 Å². The van der Waals surface area contributed by atoms with Crippen LogP contribution >= 0.6 is 0 Å². The number of halogens is 3. The second-order valence-corrected chi connectivity index (χ2v) is 6.69. The van der Waals surface area contributed by atoms with Crippen LogP contribution in [0, 0.1) is 19.3 Å². The maximum atomic E-state index is 13.1. The van der Waals surface area contributed by atoms with Crippen LogP contribution in [0.3, 0.4) is 0 Å². The van der Waals surface area contributed by atoms with Crippen molar-refractivity contribution in [3.05, 3.63) is 34.9 Å². The summed E-state index contributed by atoms with van der Waals surface area (Å²) in [6.07, 6.45) is -6.00. The van der Waals surface area contributed by atoms with Crippen molar-refractivity contribution in [3.63, 3.8) is 0 Å². The first-order valence-electron chi connectivity index (χ1n) is 8.16. The molecule has 1 N–H and O–H groups in total. The highest BCUT2D eigenvalue weighted by atomic mass is 19.4. The SMILES string of the molecule is Cc1ccc(C)c(C(=O)CCC(=O)N2CCC(C(=O)O)(C(F)(F)F)C2)c1. The molecule has 0 aromatic heterocycles. The summed E-state index contributed by atoms with van der Waals surface area (Å²) < 4.78 is 39.4. The van der Waals surface area contributed by atoms with Crippen molar-refractivity contribution < 1.29 is 32.7 Å². The molecule has 0 radical (unpaired) electrons. The van der Waals surface area contributed by atoms with Crippen molar-refractivity contribution in [3.8, 4) is 0 Å². The fraction of sp³-hybridized carbons (Fsp3) is 0.500. The van der Waals surface area contributed by atoms with E-state index >= 15 is 0 Å². The molecule has 1 aliphatic rings. The summed E-state index contributed by atoms with van der Waals surface area (Å²) in [5.74, 6) is -2.89. The van der Waals surface area contributed by atoms with E-state index in [4.69, 9.17) is 5.11 Å². The summed E-state index contributed by atoms with van der Waals surface area (Å²) in [5.41, 5.74) is -0.799. The van der Waals surface area contributed by atoms with Gasteiger partial charge in [0.05, 0.1) is 0 Å². The summed E-state index contributed by atoms with van der Waals surface area (Å²) in [5, 5.41) is 9.01. The Bertz CT molecular complexity index is 744. The molecule has 2 rings (SSSR count). The molecular weight excluding hydrogens is 351 g/mol. The highest BCUT2D eigenvalue weighted by Crippen LogP contribution is 2.45. The van der Waals surface area contributed by atoms with Crippen molar-refractivity contribution in [2.45, 2.75) is 39.3 Å². The largest absolute Gasteiger partial charge is 0.481 e. The third-order valence-electron chi connectivity index (χ3n) is 4.83. The van der Waals surface area contributed by atoms with E-state index in [1.54, 1.807) is 19.1 Å². The van der Waals surface area contributed by atoms with Crippen LogP contribution in [0.5, 0.6) is 0 Å². The number of hydrogen-bond donors (Lipinski definition) is 1. The van der Waals surface area contributed by atoms with E-state index in [1.807, 2.05) is 13.0 Å². The van der Waals surface area contributed by atoms with Crippen LogP contribution in [0.15, 0.2) is 18.2 Å². The Hall–Kier alpha value is -2.38. The number of nitrogens with zero attached hydrogens (tertiary/aromatic N) is 1. The number of alkyl halides is 3. The maximum absolute atomic E-state index is 13.1. The molecule has 1 atom stereocenters. The number of carbonyl (C=O) groups excluding carboxylic acids is 2. The zero-order valence-corrected chi connectivity index (χ0v) is 14.5. The summed E-state index contributed by atoms with van der Waals surface area (Å²) >= 11 is 0. The van der Waals surface area contributed by atoms with Crippen LogP contribution in [-0.4, -0.2) is 46.9 Å². The molecule has 1 aromatic rings. The normalized spacial score (nSPS) is 20.3. The third-order valence-corrected chi connectivity index (χ3v) is 4.83. The van der Waals surface area contributed by atoms with Gasteiger partial charge in [-0.15, -0.1) is 0 Å². The fourth-order valence-corrected chi connectivity index (χ4v) is 3.10. The zero-order valence-electron chi connectivity index (χ0n) is 14.5. The lowest BCUT2D eigenvalue weighted by Crippen LogP contribution is -2.47. The Morgan fingerprint density at radius 3 is 2.38 bits per heavy atom. The standard InChI is InChI=1S/C18H20F3NO4/c1-11-3-4-12(2)13(9-11)14(23)5-6-15(24)22-8-7-17(10-22,16(25)26)18(19,20)21/h3-4,9H,5-8,10H2,1-2H3,(H,25,26). The number of rotatable bonds is 5. The van der Waals surface area contributed by atoms with E-state index in [-0.39, 0.29) is 25.2 Å². The third kappa shape index (κ3) is 3.73. The molecular formula is C18H20F3NO4. The molecule has 8 heteroatoms. The van der Waals surface area contributed by atoms with Gasteiger partial charge in [-0.1, -0.05) is 17.7 Å². The monoisotopic (exact) mass is 371 g/mol. The molecule has 1 unspecified atom stereocenters. The van der Waals surface area contributed by atoms with E-state index in [1.165, 1.54) is 0 Å². The number of likely N-dealkylation sites (tertiary alicyclic amines) is 1. The van der Waals surface area contributed by atoms with Gasteiger partial charge in [-0.05, 0) is 31.9 Å². The average molecular weight is 371 g/mol. The molecule has 1 amide bonds. The Morgan fingerprint density at radius 1 is 1.19 bits per heavy atom. The second kappa shape index (κ2) is 7.09. The first-order valence-corrected chi connectivity index (χ1v) is 8.16. The topological polar surface area (TPSA) is 74.7 Å². The van der Waals surface area contributed by atoms with Gasteiger partial charge in [-0.25, -0.2) is 0 Å². The lowest BCUT2D eigenvalue weighted by Gasteiger charge is -2.27. The van der Waals surface area contributed by atoms with Crippen LogP contribution < -0.4 is 0 Å². The number of hydrogen-bond acceptors (Lipinski definition) is 3. The van der Waals surface area contributed by atoms with Crippen molar-refractivity contribution in [1.29, 1.82) is 0 Å². The smallest absolute Gasteiger partial charge is 0.406 e. The summed E-state index contributed by atoms with van der Waals surface area (Å²) in [6.45, 7) is 2.39. The quantitative estimate of drug-likeness (QED) is 0.807. The number of aryl methyl sites for hydroxylation is 2. The number of Topliss-reactive ketones (excluding diaryl/α,β-unsaturated/α-hetero) is 1. The number of carboxylic acid groups (broad SMARTS) is 1. The Kier molecular flexibility index (Phi) is 5.44. The molecule has 1 fully saturated rings. The molecule has 0 spiro atoms. The molecule has 1 aromatic carbocycles. The van der Waals surface area contributed by atoms with E-state index in [0.717, 1.165) is 16.0 Å². The number of ketones is 1. The number of amides is 1. The second-order valence-electron chi connectivity index (χ2n) is 6.69. The molecule has 0 aliphatic carbocycles. The highest BCUT2D eigenvalue weighted by molar-refractivity contribution is 5.99. The van der Waals surface area contributed by atoms with E-state index in [9.17, 15) is 27.6 Å². The minimum atomic E-state index is -4.94. The molecule has 1 aliphatic heterocycles. The number of benzene rings is 1. The van der Waals surface area contributed by atoms with Gasteiger partial charge >= 0.3 is 12.1 Å². The summed E-state index contributed by atoms with van der Waals surface area (Å²) in [4.78, 5) is 36.5. The Morgan fingerprint density at radius 2 is 1.85 bits per heavy atom. The van der Waals surface area contributed by atoms with Crippen LogP contribution in [-0.2, 0) is 9.59 Å². The molecule has 5 nitrogen and oxygen atoms in total. The number of aliphatic carboxylic acids is 1. The van der Waals surface area contributed by atoms with Crippen molar-refractivity contribution in [1.82, 2.24) is 4.90 Å². The van der Waals surface area contributed by atoms with E-state index in [2.05, 4.69) is 0 Å². The summed E-state index contributed by atoms with van der Waals surface area (Å²) in [6, 6.07) is 5.34.